The molecule has 5 nitrogen and oxygen atoms in total. The van der Waals surface area contributed by atoms with Crippen molar-refractivity contribution >= 4 is 5.91 Å². The van der Waals surface area contributed by atoms with Gasteiger partial charge in [0.15, 0.2) is 0 Å². The van der Waals surface area contributed by atoms with Crippen molar-refractivity contribution in [1.29, 1.82) is 0 Å². The largest absolute Gasteiger partial charge is 0.383 e. The van der Waals surface area contributed by atoms with E-state index in [-0.39, 0.29) is 5.91 Å². The average Bonchev–Trinajstić information content (AvgIpc) is 3.04. The van der Waals surface area contributed by atoms with E-state index in [0.717, 1.165) is 32.6 Å². The molecule has 0 bridgehead atoms. The molecule has 5 heteroatoms. The lowest BCUT2D eigenvalue weighted by atomic mass is 10.1. The van der Waals surface area contributed by atoms with Crippen LogP contribution in [0.4, 0.5) is 0 Å². The zero-order chi connectivity index (χ0) is 16.3. The maximum atomic E-state index is 11.7. The van der Waals surface area contributed by atoms with Crippen LogP contribution >= 0.6 is 0 Å². The van der Waals surface area contributed by atoms with Crippen molar-refractivity contribution in [2.24, 2.45) is 5.92 Å². The van der Waals surface area contributed by atoms with Crippen LogP contribution in [0.2, 0.25) is 0 Å². The molecule has 1 heterocycles. The van der Waals surface area contributed by atoms with Gasteiger partial charge in [0.05, 0.1) is 13.2 Å². The minimum Gasteiger partial charge on any atom is -0.383 e. The predicted molar refractivity (Wildman–Crippen MR) is 92.4 cm³/mol. The standard InChI is InChI=1S/C18H29N3O2/c1-23-12-9-19-14-18(22)20-13-17-8-11-21(15-17)10-7-16-5-3-2-4-6-16/h2-6,17,19H,7-15H2,1H3,(H,20,22). The molecule has 1 aromatic rings. The maximum absolute atomic E-state index is 11.7. The van der Waals surface area contributed by atoms with Crippen LogP contribution in [0.25, 0.3) is 0 Å². The van der Waals surface area contributed by atoms with Gasteiger partial charge < -0.3 is 20.3 Å². The van der Waals surface area contributed by atoms with Crippen molar-refractivity contribution in [3.63, 3.8) is 0 Å². The molecule has 0 saturated carbocycles. The Bertz CT molecular complexity index is 453. The first-order valence-corrected chi connectivity index (χ1v) is 8.50. The number of benzene rings is 1. The molecular formula is C18H29N3O2. The lowest BCUT2D eigenvalue weighted by molar-refractivity contribution is -0.120. The van der Waals surface area contributed by atoms with Crippen molar-refractivity contribution in [1.82, 2.24) is 15.5 Å². The molecule has 1 fully saturated rings. The van der Waals surface area contributed by atoms with E-state index >= 15 is 0 Å². The highest BCUT2D eigenvalue weighted by Gasteiger charge is 2.22. The second-order valence-electron chi connectivity index (χ2n) is 6.16. The van der Waals surface area contributed by atoms with Crippen molar-refractivity contribution in [3.8, 4) is 0 Å². The Hall–Kier alpha value is -1.43. The number of nitrogens with one attached hydrogen (secondary N) is 2. The summed E-state index contributed by atoms with van der Waals surface area (Å²) in [6.45, 7) is 5.82. The van der Waals surface area contributed by atoms with Gasteiger partial charge in [0.25, 0.3) is 0 Å². The maximum Gasteiger partial charge on any atom is 0.233 e. The molecular weight excluding hydrogens is 290 g/mol. The lowest BCUT2D eigenvalue weighted by Gasteiger charge is -2.16. The van der Waals surface area contributed by atoms with Crippen LogP contribution in [-0.2, 0) is 16.0 Å². The number of amides is 1. The van der Waals surface area contributed by atoms with E-state index in [2.05, 4.69) is 45.9 Å². The summed E-state index contributed by atoms with van der Waals surface area (Å²) in [5, 5.41) is 6.09. The van der Waals surface area contributed by atoms with Gasteiger partial charge in [-0.1, -0.05) is 30.3 Å². The number of hydrogen-bond donors (Lipinski definition) is 2. The monoisotopic (exact) mass is 319 g/mol. The van der Waals surface area contributed by atoms with Crippen molar-refractivity contribution in [3.05, 3.63) is 35.9 Å². The molecule has 1 aliphatic rings. The molecule has 0 aromatic heterocycles. The van der Waals surface area contributed by atoms with Crippen LogP contribution in [-0.4, -0.2) is 63.8 Å². The summed E-state index contributed by atoms with van der Waals surface area (Å²) in [5.74, 6) is 0.650. The van der Waals surface area contributed by atoms with Gasteiger partial charge in [0.2, 0.25) is 5.91 Å². The van der Waals surface area contributed by atoms with E-state index in [1.807, 2.05) is 0 Å². The predicted octanol–water partition coefficient (Wildman–Crippen LogP) is 0.903. The van der Waals surface area contributed by atoms with Gasteiger partial charge in [-0.3, -0.25) is 4.79 Å². The molecule has 1 aliphatic heterocycles. The summed E-state index contributed by atoms with van der Waals surface area (Å²) in [4.78, 5) is 14.2. The van der Waals surface area contributed by atoms with Gasteiger partial charge in [-0.05, 0) is 30.9 Å². The van der Waals surface area contributed by atoms with E-state index in [1.54, 1.807) is 7.11 Å². The summed E-state index contributed by atoms with van der Waals surface area (Å²) in [6, 6.07) is 10.6. The summed E-state index contributed by atoms with van der Waals surface area (Å²) >= 11 is 0. The molecule has 128 valence electrons. The van der Waals surface area contributed by atoms with E-state index < -0.39 is 0 Å². The van der Waals surface area contributed by atoms with Crippen molar-refractivity contribution in [2.45, 2.75) is 12.8 Å². The van der Waals surface area contributed by atoms with Gasteiger partial charge in [0.1, 0.15) is 0 Å². The summed E-state index contributed by atoms with van der Waals surface area (Å²) < 4.78 is 4.93. The SMILES string of the molecule is COCCNCC(=O)NCC1CCN(CCc2ccccc2)C1. The molecule has 1 aromatic carbocycles. The van der Waals surface area contributed by atoms with Crippen LogP contribution < -0.4 is 10.6 Å². The van der Waals surface area contributed by atoms with Gasteiger partial charge in [0, 0.05) is 33.3 Å². The van der Waals surface area contributed by atoms with Crippen molar-refractivity contribution < 1.29 is 9.53 Å². The summed E-state index contributed by atoms with van der Waals surface area (Å²) in [7, 11) is 1.66. The fourth-order valence-electron chi connectivity index (χ4n) is 2.91. The molecule has 0 aliphatic carbocycles. The van der Waals surface area contributed by atoms with E-state index in [9.17, 15) is 4.79 Å². The normalized spacial score (nSPS) is 18.2. The Morgan fingerprint density at radius 1 is 1.35 bits per heavy atom. The van der Waals surface area contributed by atoms with Crippen molar-refractivity contribution in [2.75, 3.05) is 53.0 Å². The molecule has 23 heavy (non-hydrogen) atoms. The average molecular weight is 319 g/mol. The zero-order valence-corrected chi connectivity index (χ0v) is 14.1. The fraction of sp³-hybridized carbons (Fsp3) is 0.611. The van der Waals surface area contributed by atoms with Crippen LogP contribution in [0, 0.1) is 5.92 Å². The minimum absolute atomic E-state index is 0.0730. The summed E-state index contributed by atoms with van der Waals surface area (Å²) in [6.07, 6.45) is 2.27. The molecule has 1 amide bonds. The molecule has 2 rings (SSSR count). The Morgan fingerprint density at radius 2 is 2.17 bits per heavy atom. The molecule has 1 unspecified atom stereocenters. The minimum atomic E-state index is 0.0730. The topological polar surface area (TPSA) is 53.6 Å². The van der Waals surface area contributed by atoms with Gasteiger partial charge in [-0.15, -0.1) is 0 Å². The van der Waals surface area contributed by atoms with Crippen LogP contribution in [0.3, 0.4) is 0 Å². The Balaban J connectivity index is 1.55. The van der Waals surface area contributed by atoms with Gasteiger partial charge in [-0.2, -0.15) is 0 Å². The smallest absolute Gasteiger partial charge is 0.233 e. The lowest BCUT2D eigenvalue weighted by Crippen LogP contribution is -2.38. The number of likely N-dealkylation sites (tertiary alicyclic amines) is 1. The Morgan fingerprint density at radius 3 is 2.96 bits per heavy atom. The quantitative estimate of drug-likeness (QED) is 0.629. The fourth-order valence-corrected chi connectivity index (χ4v) is 2.91. The van der Waals surface area contributed by atoms with Gasteiger partial charge >= 0.3 is 0 Å². The zero-order valence-electron chi connectivity index (χ0n) is 14.1. The molecule has 2 N–H and O–H groups in total. The Labute approximate surface area is 139 Å². The number of carbonyl (C=O) groups excluding carboxylic acids is 1. The highest BCUT2D eigenvalue weighted by Crippen LogP contribution is 2.15. The number of rotatable bonds is 10. The number of ether oxygens (including phenoxy) is 1. The summed E-state index contributed by atoms with van der Waals surface area (Å²) in [5.41, 5.74) is 1.39. The van der Waals surface area contributed by atoms with Gasteiger partial charge in [-0.25, -0.2) is 0 Å². The highest BCUT2D eigenvalue weighted by atomic mass is 16.5. The van der Waals surface area contributed by atoms with E-state index in [0.29, 0.717) is 25.6 Å². The molecule has 1 saturated heterocycles. The highest BCUT2D eigenvalue weighted by molar-refractivity contribution is 5.77. The Kier molecular flexibility index (Phi) is 8.07. The third-order valence-corrected chi connectivity index (χ3v) is 4.29. The molecule has 1 atom stereocenters. The van der Waals surface area contributed by atoms with E-state index in [1.165, 1.54) is 12.0 Å². The molecule has 0 radical (unpaired) electrons. The van der Waals surface area contributed by atoms with Crippen LogP contribution in [0.1, 0.15) is 12.0 Å². The third-order valence-electron chi connectivity index (χ3n) is 4.29. The van der Waals surface area contributed by atoms with Crippen LogP contribution in [0.5, 0.6) is 0 Å². The number of hydrogen-bond acceptors (Lipinski definition) is 4. The van der Waals surface area contributed by atoms with E-state index in [4.69, 9.17) is 4.74 Å². The third kappa shape index (κ3) is 7.12. The number of methoxy groups -OCH3 is 1. The number of carbonyl (C=O) groups is 1. The second kappa shape index (κ2) is 10.4. The number of nitrogens with zero attached hydrogens (tertiary/aromatic N) is 1. The first kappa shape index (κ1) is 17.9. The molecule has 0 spiro atoms. The van der Waals surface area contributed by atoms with Crippen LogP contribution in [0.15, 0.2) is 30.3 Å². The first-order chi connectivity index (χ1) is 11.3. The first-order valence-electron chi connectivity index (χ1n) is 8.50. The second-order valence-corrected chi connectivity index (χ2v) is 6.16.